The lowest BCUT2D eigenvalue weighted by Gasteiger charge is -2.19. The molecule has 0 N–H and O–H groups in total. The van der Waals surface area contributed by atoms with E-state index in [0.717, 1.165) is 11.3 Å². The molecule has 1 aromatic rings. The van der Waals surface area contributed by atoms with Crippen molar-refractivity contribution in [2.75, 3.05) is 11.4 Å². The van der Waals surface area contributed by atoms with Crippen LogP contribution in [0, 0.1) is 18.3 Å². The summed E-state index contributed by atoms with van der Waals surface area (Å²) in [5.41, 5.74) is 2.26. The zero-order valence-corrected chi connectivity index (χ0v) is 9.53. The second-order valence-corrected chi connectivity index (χ2v) is 3.67. The molecule has 0 saturated carbocycles. The van der Waals surface area contributed by atoms with Crippen molar-refractivity contribution >= 4 is 11.6 Å². The lowest BCUT2D eigenvalue weighted by Crippen LogP contribution is -2.31. The van der Waals surface area contributed by atoms with E-state index >= 15 is 0 Å². The average Bonchev–Trinajstić information content (AvgIpc) is 2.26. The lowest BCUT2D eigenvalue weighted by molar-refractivity contribution is -0.114. The Kier molecular flexibility index (Phi) is 3.84. The minimum Gasteiger partial charge on any atom is -0.295 e. The normalized spacial score (nSPS) is 9.31. The fourth-order valence-electron chi connectivity index (χ4n) is 1.31. The van der Waals surface area contributed by atoms with Crippen molar-refractivity contribution in [1.29, 1.82) is 5.26 Å². The average molecular weight is 214 g/mol. The van der Waals surface area contributed by atoms with E-state index in [9.17, 15) is 4.79 Å². The van der Waals surface area contributed by atoms with Gasteiger partial charge in [-0.3, -0.25) is 9.69 Å². The number of nitriles is 1. The fourth-order valence-corrected chi connectivity index (χ4v) is 1.31. The van der Waals surface area contributed by atoms with Crippen LogP contribution in [-0.2, 0) is 4.79 Å². The molecule has 0 fully saturated rings. The fraction of sp³-hybridized carbons (Fsp3) is 0.231. The van der Waals surface area contributed by atoms with Gasteiger partial charge in [0, 0.05) is 11.3 Å². The number of rotatable bonds is 3. The van der Waals surface area contributed by atoms with Gasteiger partial charge in [0.2, 0.25) is 0 Å². The zero-order valence-electron chi connectivity index (χ0n) is 9.53. The first kappa shape index (κ1) is 12.0. The van der Waals surface area contributed by atoms with Gasteiger partial charge in [-0.15, -0.1) is 0 Å². The molecule has 0 radical (unpaired) electrons. The van der Waals surface area contributed by atoms with Crippen LogP contribution in [0.2, 0.25) is 0 Å². The number of carbonyl (C=O) groups is 1. The van der Waals surface area contributed by atoms with Gasteiger partial charge in [0.1, 0.15) is 6.54 Å². The van der Waals surface area contributed by atoms with Gasteiger partial charge >= 0.3 is 0 Å². The topological polar surface area (TPSA) is 44.1 Å². The highest BCUT2D eigenvalue weighted by atomic mass is 16.2. The number of anilines is 1. The minimum atomic E-state index is -0.217. The van der Waals surface area contributed by atoms with Crippen molar-refractivity contribution in [2.45, 2.75) is 13.8 Å². The standard InChI is InChI=1S/C13H14N2O/c1-10(2)13(16)15(9-8-14)12-6-4-11(3)5-7-12/h4-7H,1,9H2,2-3H3. The van der Waals surface area contributed by atoms with Gasteiger partial charge in [-0.05, 0) is 26.0 Å². The summed E-state index contributed by atoms with van der Waals surface area (Å²) in [6.45, 7) is 7.25. The molecule has 0 aromatic heterocycles. The smallest absolute Gasteiger partial charge is 0.254 e. The Balaban J connectivity index is 3.03. The molecule has 0 aliphatic heterocycles. The van der Waals surface area contributed by atoms with E-state index in [1.54, 1.807) is 6.92 Å². The third kappa shape index (κ3) is 2.71. The third-order valence-electron chi connectivity index (χ3n) is 2.18. The Morgan fingerprint density at radius 2 is 2.00 bits per heavy atom. The van der Waals surface area contributed by atoms with Crippen LogP contribution in [0.5, 0.6) is 0 Å². The first-order chi connectivity index (χ1) is 7.56. The van der Waals surface area contributed by atoms with E-state index in [2.05, 4.69) is 6.58 Å². The van der Waals surface area contributed by atoms with Crippen LogP contribution in [0.1, 0.15) is 12.5 Å². The summed E-state index contributed by atoms with van der Waals surface area (Å²) >= 11 is 0. The molecule has 0 aliphatic carbocycles. The molecule has 0 bridgehead atoms. The van der Waals surface area contributed by atoms with Crippen LogP contribution in [-0.4, -0.2) is 12.5 Å². The third-order valence-corrected chi connectivity index (χ3v) is 2.18. The predicted molar refractivity (Wildman–Crippen MR) is 64.0 cm³/mol. The highest BCUT2D eigenvalue weighted by Gasteiger charge is 2.15. The van der Waals surface area contributed by atoms with Gasteiger partial charge in [0.05, 0.1) is 6.07 Å². The zero-order chi connectivity index (χ0) is 12.1. The molecule has 3 heteroatoms. The molecule has 1 aromatic carbocycles. The molecule has 0 spiro atoms. The molecule has 0 aliphatic rings. The van der Waals surface area contributed by atoms with Crippen molar-refractivity contribution in [3.63, 3.8) is 0 Å². The van der Waals surface area contributed by atoms with E-state index in [0.29, 0.717) is 5.57 Å². The van der Waals surface area contributed by atoms with E-state index < -0.39 is 0 Å². The number of carbonyl (C=O) groups excluding carboxylic acids is 1. The van der Waals surface area contributed by atoms with Crippen molar-refractivity contribution in [3.8, 4) is 6.07 Å². The van der Waals surface area contributed by atoms with Crippen LogP contribution in [0.4, 0.5) is 5.69 Å². The number of benzene rings is 1. The van der Waals surface area contributed by atoms with Gasteiger partial charge in [-0.1, -0.05) is 24.3 Å². The summed E-state index contributed by atoms with van der Waals surface area (Å²) in [5, 5.41) is 8.71. The van der Waals surface area contributed by atoms with E-state index in [1.807, 2.05) is 37.3 Å². The summed E-state index contributed by atoms with van der Waals surface area (Å²) < 4.78 is 0. The van der Waals surface area contributed by atoms with Crippen LogP contribution in [0.25, 0.3) is 0 Å². The Morgan fingerprint density at radius 3 is 2.44 bits per heavy atom. The number of hydrogen-bond acceptors (Lipinski definition) is 2. The van der Waals surface area contributed by atoms with Crippen molar-refractivity contribution in [1.82, 2.24) is 0 Å². The highest BCUT2D eigenvalue weighted by Crippen LogP contribution is 2.16. The van der Waals surface area contributed by atoms with Gasteiger partial charge in [0.15, 0.2) is 0 Å². The summed E-state index contributed by atoms with van der Waals surface area (Å²) in [4.78, 5) is 13.2. The number of aryl methyl sites for hydroxylation is 1. The Labute approximate surface area is 95.6 Å². The van der Waals surface area contributed by atoms with E-state index in [-0.39, 0.29) is 12.5 Å². The SMILES string of the molecule is C=C(C)C(=O)N(CC#N)c1ccc(C)cc1. The van der Waals surface area contributed by atoms with Crippen molar-refractivity contribution in [2.24, 2.45) is 0 Å². The second kappa shape index (κ2) is 5.13. The summed E-state index contributed by atoms with van der Waals surface area (Å²) in [7, 11) is 0. The maximum atomic E-state index is 11.8. The first-order valence-corrected chi connectivity index (χ1v) is 4.97. The summed E-state index contributed by atoms with van der Waals surface area (Å²) in [6, 6.07) is 9.45. The molecule has 1 rings (SSSR count). The van der Waals surface area contributed by atoms with Gasteiger partial charge < -0.3 is 0 Å². The largest absolute Gasteiger partial charge is 0.295 e. The molecule has 0 heterocycles. The number of amides is 1. The van der Waals surface area contributed by atoms with Gasteiger partial charge in [-0.2, -0.15) is 5.26 Å². The molecule has 3 nitrogen and oxygen atoms in total. The van der Waals surface area contributed by atoms with Crippen LogP contribution in [0.15, 0.2) is 36.4 Å². The maximum Gasteiger partial charge on any atom is 0.254 e. The molecule has 0 unspecified atom stereocenters. The summed E-state index contributed by atoms with van der Waals surface area (Å²) in [5.74, 6) is -0.217. The van der Waals surface area contributed by atoms with E-state index in [1.165, 1.54) is 4.90 Å². The molecular formula is C13H14N2O. The van der Waals surface area contributed by atoms with Gasteiger partial charge in [0.25, 0.3) is 5.91 Å². The van der Waals surface area contributed by atoms with E-state index in [4.69, 9.17) is 5.26 Å². The van der Waals surface area contributed by atoms with Gasteiger partial charge in [-0.25, -0.2) is 0 Å². The Morgan fingerprint density at radius 1 is 1.44 bits per heavy atom. The van der Waals surface area contributed by atoms with Crippen LogP contribution >= 0.6 is 0 Å². The lowest BCUT2D eigenvalue weighted by atomic mass is 10.2. The molecule has 0 atom stereocenters. The Hall–Kier alpha value is -2.08. The van der Waals surface area contributed by atoms with Crippen LogP contribution < -0.4 is 4.90 Å². The number of hydrogen-bond donors (Lipinski definition) is 0. The maximum absolute atomic E-state index is 11.8. The molecule has 0 saturated heterocycles. The molecule has 82 valence electrons. The monoisotopic (exact) mass is 214 g/mol. The highest BCUT2D eigenvalue weighted by molar-refractivity contribution is 6.05. The minimum absolute atomic E-state index is 0.0365. The molecular weight excluding hydrogens is 200 g/mol. The first-order valence-electron chi connectivity index (χ1n) is 4.97. The molecule has 16 heavy (non-hydrogen) atoms. The predicted octanol–water partition coefficient (Wildman–Crippen LogP) is 2.43. The molecule has 1 amide bonds. The summed E-state index contributed by atoms with van der Waals surface area (Å²) in [6.07, 6.45) is 0. The van der Waals surface area contributed by atoms with Crippen LogP contribution in [0.3, 0.4) is 0 Å². The van der Waals surface area contributed by atoms with Crippen molar-refractivity contribution < 1.29 is 4.79 Å². The Bertz CT molecular complexity index is 440. The quantitative estimate of drug-likeness (QED) is 0.573. The second-order valence-electron chi connectivity index (χ2n) is 3.67. The number of nitrogens with zero attached hydrogens (tertiary/aromatic N) is 2. The van der Waals surface area contributed by atoms with Crippen molar-refractivity contribution in [3.05, 3.63) is 42.0 Å².